The molecule has 1 aromatic heterocycles. The summed E-state index contributed by atoms with van der Waals surface area (Å²) in [5.74, 6) is 0.795. The molecule has 140 valence electrons. The molecule has 0 saturated carbocycles. The maximum absolute atomic E-state index is 15.0. The number of rotatable bonds is 2. The van der Waals surface area contributed by atoms with Gasteiger partial charge in [0.2, 0.25) is 0 Å². The van der Waals surface area contributed by atoms with E-state index in [0.717, 1.165) is 48.5 Å². The molecule has 1 fully saturated rings. The largest absolute Gasteiger partial charge is 0.460 e. The fourth-order valence-electron chi connectivity index (χ4n) is 4.31. The summed E-state index contributed by atoms with van der Waals surface area (Å²) >= 11 is 0. The van der Waals surface area contributed by atoms with Crippen LogP contribution in [0.25, 0.3) is 11.0 Å². The SMILES string of the molecule is CN1Cc2cc(N3CCOCC3)c(F)cc2C(c2cc3ccccc3o2)C1. The van der Waals surface area contributed by atoms with Gasteiger partial charge in [-0.2, -0.15) is 0 Å². The summed E-state index contributed by atoms with van der Waals surface area (Å²) in [7, 11) is 2.11. The molecule has 1 unspecified atom stereocenters. The lowest BCUT2D eigenvalue weighted by Crippen LogP contribution is -2.37. The van der Waals surface area contributed by atoms with Crippen molar-refractivity contribution >= 4 is 16.7 Å². The minimum absolute atomic E-state index is 0.0411. The second kappa shape index (κ2) is 6.66. The van der Waals surface area contributed by atoms with Crippen LogP contribution in [0.1, 0.15) is 22.8 Å². The summed E-state index contributed by atoms with van der Waals surface area (Å²) in [4.78, 5) is 4.37. The number of halogens is 1. The van der Waals surface area contributed by atoms with Crippen LogP contribution in [0, 0.1) is 5.82 Å². The first-order valence-electron chi connectivity index (χ1n) is 9.51. The molecule has 2 aliphatic rings. The minimum atomic E-state index is -0.152. The third-order valence-corrected chi connectivity index (χ3v) is 5.66. The zero-order valence-electron chi connectivity index (χ0n) is 15.5. The molecule has 3 heterocycles. The highest BCUT2D eigenvalue weighted by molar-refractivity contribution is 5.78. The van der Waals surface area contributed by atoms with Crippen LogP contribution in [0.4, 0.5) is 10.1 Å². The second-order valence-electron chi connectivity index (χ2n) is 7.54. The van der Waals surface area contributed by atoms with Crippen molar-refractivity contribution in [3.05, 3.63) is 65.2 Å². The highest BCUT2D eigenvalue weighted by Gasteiger charge is 2.30. The summed E-state index contributed by atoms with van der Waals surface area (Å²) in [6.07, 6.45) is 0. The normalized spacial score (nSPS) is 20.8. The van der Waals surface area contributed by atoms with Crippen LogP contribution in [-0.4, -0.2) is 44.8 Å². The Labute approximate surface area is 158 Å². The van der Waals surface area contributed by atoms with E-state index in [1.54, 1.807) is 6.07 Å². The Balaban J connectivity index is 1.57. The van der Waals surface area contributed by atoms with E-state index in [9.17, 15) is 0 Å². The van der Waals surface area contributed by atoms with Crippen LogP contribution >= 0.6 is 0 Å². The molecule has 4 nitrogen and oxygen atoms in total. The zero-order chi connectivity index (χ0) is 18.4. The Bertz CT molecular complexity index is 945. The molecule has 0 bridgehead atoms. The zero-order valence-corrected chi connectivity index (χ0v) is 15.5. The van der Waals surface area contributed by atoms with Gasteiger partial charge in [-0.05, 0) is 42.4 Å². The van der Waals surface area contributed by atoms with E-state index in [-0.39, 0.29) is 11.7 Å². The van der Waals surface area contributed by atoms with Gasteiger partial charge in [-0.15, -0.1) is 0 Å². The molecule has 27 heavy (non-hydrogen) atoms. The Morgan fingerprint density at radius 2 is 1.89 bits per heavy atom. The average Bonchev–Trinajstić information content (AvgIpc) is 3.12. The van der Waals surface area contributed by atoms with Crippen molar-refractivity contribution in [2.75, 3.05) is 44.8 Å². The maximum atomic E-state index is 15.0. The number of morpholine rings is 1. The van der Waals surface area contributed by atoms with Gasteiger partial charge in [0, 0.05) is 31.6 Å². The van der Waals surface area contributed by atoms with Crippen molar-refractivity contribution in [2.45, 2.75) is 12.5 Å². The number of furan rings is 1. The number of nitrogens with zero attached hydrogens (tertiary/aromatic N) is 2. The van der Waals surface area contributed by atoms with E-state index in [1.807, 2.05) is 24.3 Å². The van der Waals surface area contributed by atoms with Gasteiger partial charge in [-0.1, -0.05) is 18.2 Å². The van der Waals surface area contributed by atoms with Gasteiger partial charge < -0.3 is 19.0 Å². The topological polar surface area (TPSA) is 28.9 Å². The number of likely N-dealkylation sites (N-methyl/N-ethyl adjacent to an activating group) is 1. The highest BCUT2D eigenvalue weighted by atomic mass is 19.1. The first-order valence-corrected chi connectivity index (χ1v) is 9.51. The van der Waals surface area contributed by atoms with Gasteiger partial charge in [-0.3, -0.25) is 0 Å². The van der Waals surface area contributed by atoms with Crippen LogP contribution in [0.5, 0.6) is 0 Å². The number of hydrogen-bond donors (Lipinski definition) is 0. The molecular weight excluding hydrogens is 343 g/mol. The molecule has 0 aliphatic carbocycles. The molecule has 5 heteroatoms. The standard InChI is InChI=1S/C22H23FN2O2/c1-24-13-16-10-20(25-6-8-26-9-7-25)19(23)12-17(16)18(14-24)22-11-15-4-2-3-5-21(15)27-22/h2-5,10-12,18H,6-9,13-14H2,1H3. The maximum Gasteiger partial charge on any atom is 0.146 e. The third kappa shape index (κ3) is 3.01. The van der Waals surface area contributed by atoms with Crippen LogP contribution < -0.4 is 4.90 Å². The third-order valence-electron chi connectivity index (χ3n) is 5.66. The smallest absolute Gasteiger partial charge is 0.146 e. The van der Waals surface area contributed by atoms with Gasteiger partial charge >= 0.3 is 0 Å². The summed E-state index contributed by atoms with van der Waals surface area (Å²) in [6, 6.07) is 13.9. The van der Waals surface area contributed by atoms with E-state index in [2.05, 4.69) is 29.0 Å². The average molecular weight is 366 g/mol. The fourth-order valence-corrected chi connectivity index (χ4v) is 4.31. The van der Waals surface area contributed by atoms with E-state index in [0.29, 0.717) is 18.9 Å². The number of hydrogen-bond acceptors (Lipinski definition) is 4. The Kier molecular flexibility index (Phi) is 4.14. The molecule has 0 spiro atoms. The first-order chi connectivity index (χ1) is 13.2. The predicted molar refractivity (Wildman–Crippen MR) is 104 cm³/mol. The monoisotopic (exact) mass is 366 g/mol. The van der Waals surface area contributed by atoms with Crippen molar-refractivity contribution in [1.82, 2.24) is 4.90 Å². The van der Waals surface area contributed by atoms with E-state index in [4.69, 9.17) is 9.15 Å². The molecule has 0 amide bonds. The summed E-state index contributed by atoms with van der Waals surface area (Å²) in [5.41, 5.74) is 3.79. The van der Waals surface area contributed by atoms with E-state index < -0.39 is 0 Å². The number of para-hydroxylation sites is 1. The minimum Gasteiger partial charge on any atom is -0.460 e. The molecular formula is C22H23FN2O2. The van der Waals surface area contributed by atoms with Crippen molar-refractivity contribution in [3.8, 4) is 0 Å². The van der Waals surface area contributed by atoms with Crippen molar-refractivity contribution < 1.29 is 13.5 Å². The molecule has 5 rings (SSSR count). The van der Waals surface area contributed by atoms with Gasteiger partial charge in [0.1, 0.15) is 17.2 Å². The number of ether oxygens (including phenoxy) is 1. The molecule has 1 saturated heterocycles. The lowest BCUT2D eigenvalue weighted by Gasteiger charge is -2.34. The van der Waals surface area contributed by atoms with Crippen LogP contribution in [0.15, 0.2) is 46.9 Å². The summed E-state index contributed by atoms with van der Waals surface area (Å²) in [5, 5.41) is 1.09. The molecule has 0 N–H and O–H groups in total. The van der Waals surface area contributed by atoms with Gasteiger partial charge in [-0.25, -0.2) is 4.39 Å². The lowest BCUT2D eigenvalue weighted by atomic mass is 9.87. The lowest BCUT2D eigenvalue weighted by molar-refractivity contribution is 0.122. The van der Waals surface area contributed by atoms with E-state index >= 15 is 4.39 Å². The number of benzene rings is 2. The summed E-state index contributed by atoms with van der Waals surface area (Å²) < 4.78 is 26.6. The van der Waals surface area contributed by atoms with Gasteiger partial charge in [0.05, 0.1) is 24.8 Å². The number of anilines is 1. The predicted octanol–water partition coefficient (Wildman–Crippen LogP) is 3.99. The fraction of sp³-hybridized carbons (Fsp3) is 0.364. The van der Waals surface area contributed by atoms with Crippen LogP contribution in [0.2, 0.25) is 0 Å². The van der Waals surface area contributed by atoms with Gasteiger partial charge in [0.25, 0.3) is 0 Å². The van der Waals surface area contributed by atoms with Crippen molar-refractivity contribution in [3.63, 3.8) is 0 Å². The summed E-state index contributed by atoms with van der Waals surface area (Å²) in [6.45, 7) is 4.42. The van der Waals surface area contributed by atoms with Crippen molar-refractivity contribution in [1.29, 1.82) is 0 Å². The Morgan fingerprint density at radius 1 is 1.07 bits per heavy atom. The highest BCUT2D eigenvalue weighted by Crippen LogP contribution is 2.38. The second-order valence-corrected chi connectivity index (χ2v) is 7.54. The quantitative estimate of drug-likeness (QED) is 0.686. The molecule has 3 aromatic rings. The Hall–Kier alpha value is -2.37. The van der Waals surface area contributed by atoms with Gasteiger partial charge in [0.15, 0.2) is 0 Å². The Morgan fingerprint density at radius 3 is 2.70 bits per heavy atom. The van der Waals surface area contributed by atoms with Crippen LogP contribution in [0.3, 0.4) is 0 Å². The van der Waals surface area contributed by atoms with E-state index in [1.165, 1.54) is 5.56 Å². The van der Waals surface area contributed by atoms with Crippen LogP contribution in [-0.2, 0) is 11.3 Å². The molecule has 2 aliphatic heterocycles. The van der Waals surface area contributed by atoms with Crippen molar-refractivity contribution in [2.24, 2.45) is 0 Å². The molecule has 2 aromatic carbocycles. The number of fused-ring (bicyclic) bond motifs is 2. The molecule has 1 atom stereocenters. The molecule has 0 radical (unpaired) electrons. The first kappa shape index (κ1) is 16.8.